The minimum atomic E-state index is -2.53. The lowest BCUT2D eigenvalue weighted by Crippen LogP contribution is -2.79. The summed E-state index contributed by atoms with van der Waals surface area (Å²) in [5, 5.41) is 2.58. The van der Waals surface area contributed by atoms with Crippen LogP contribution in [0.4, 0.5) is 0 Å². The monoisotopic (exact) mass is 583 g/mol. The van der Waals surface area contributed by atoms with Gasteiger partial charge in [-0.2, -0.15) is 0 Å². The normalized spacial score (nSPS) is 36.8. The number of halogens is 3. The van der Waals surface area contributed by atoms with Crippen molar-refractivity contribution in [3.63, 3.8) is 0 Å². The standard InChI is InChI=1S/C23H28Cl3NO10/c1-8-14(33-10(2)28)22(27-19(31)23(24,25)26)15(13-9-32-20(5,6)36-13)16-21(7,37-16)17(34-11(3)29)18(22)35-12(4)30/h1,13-18H,9H2,2-7H3,(H,27,31)/t13-,14-,15+,16+,17+,18-,21+,22-/m1/s1. The van der Waals surface area contributed by atoms with Crippen LogP contribution in [0.15, 0.2) is 0 Å². The Kier molecular flexibility index (Phi) is 8.09. The molecule has 0 bridgehead atoms. The molecule has 37 heavy (non-hydrogen) atoms. The third-order valence-corrected chi connectivity index (χ3v) is 7.07. The third-order valence-electron chi connectivity index (χ3n) is 6.55. The molecule has 8 atom stereocenters. The Morgan fingerprint density at radius 1 is 1.00 bits per heavy atom. The van der Waals surface area contributed by atoms with Gasteiger partial charge in [-0.05, 0) is 20.8 Å². The van der Waals surface area contributed by atoms with E-state index in [9.17, 15) is 19.2 Å². The minimum absolute atomic E-state index is 0.0125. The predicted molar refractivity (Wildman–Crippen MR) is 128 cm³/mol. The lowest BCUT2D eigenvalue weighted by Gasteiger charge is -2.53. The van der Waals surface area contributed by atoms with Crippen molar-refractivity contribution in [1.82, 2.24) is 5.32 Å². The molecule has 1 N–H and O–H groups in total. The summed E-state index contributed by atoms with van der Waals surface area (Å²) in [6, 6.07) is 0. The van der Waals surface area contributed by atoms with E-state index in [4.69, 9.17) is 69.6 Å². The molecular formula is C23H28Cl3NO10. The molecule has 3 aliphatic rings. The predicted octanol–water partition coefficient (Wildman–Crippen LogP) is 1.58. The maximum Gasteiger partial charge on any atom is 0.303 e. The zero-order chi connectivity index (χ0) is 28.1. The molecule has 2 saturated heterocycles. The summed E-state index contributed by atoms with van der Waals surface area (Å²) in [6.45, 7) is 8.28. The number of hydrogen-bond donors (Lipinski definition) is 1. The van der Waals surface area contributed by atoms with Gasteiger partial charge in [0.1, 0.15) is 11.1 Å². The van der Waals surface area contributed by atoms with Gasteiger partial charge >= 0.3 is 17.9 Å². The summed E-state index contributed by atoms with van der Waals surface area (Å²) in [5.41, 5.74) is -3.29. The van der Waals surface area contributed by atoms with Crippen LogP contribution in [0.5, 0.6) is 0 Å². The van der Waals surface area contributed by atoms with Crippen LogP contribution in [0.2, 0.25) is 0 Å². The fourth-order valence-corrected chi connectivity index (χ4v) is 5.37. The molecule has 0 aromatic carbocycles. The van der Waals surface area contributed by atoms with E-state index in [1.165, 1.54) is 0 Å². The number of epoxide rings is 1. The van der Waals surface area contributed by atoms with Crippen molar-refractivity contribution in [1.29, 1.82) is 0 Å². The van der Waals surface area contributed by atoms with E-state index in [0.29, 0.717) is 0 Å². The van der Waals surface area contributed by atoms with Crippen molar-refractivity contribution in [3.8, 4) is 12.3 Å². The smallest absolute Gasteiger partial charge is 0.303 e. The van der Waals surface area contributed by atoms with E-state index >= 15 is 0 Å². The van der Waals surface area contributed by atoms with Gasteiger partial charge in [-0.15, -0.1) is 6.42 Å². The largest absolute Gasteiger partial charge is 0.456 e. The van der Waals surface area contributed by atoms with Crippen LogP contribution in [0.25, 0.3) is 0 Å². The van der Waals surface area contributed by atoms with Gasteiger partial charge in [-0.3, -0.25) is 19.2 Å². The Morgan fingerprint density at radius 2 is 1.57 bits per heavy atom. The number of nitrogens with one attached hydrogen (secondary N) is 1. The molecule has 0 aromatic heterocycles. The molecule has 1 saturated carbocycles. The summed E-state index contributed by atoms with van der Waals surface area (Å²) < 4.78 is 32.1. The van der Waals surface area contributed by atoms with Gasteiger partial charge in [-0.1, -0.05) is 40.7 Å². The van der Waals surface area contributed by atoms with Crippen molar-refractivity contribution in [2.45, 2.75) is 92.8 Å². The molecule has 1 amide bonds. The second-order valence-electron chi connectivity index (χ2n) is 9.72. The van der Waals surface area contributed by atoms with Crippen LogP contribution in [0.3, 0.4) is 0 Å². The molecule has 0 unspecified atom stereocenters. The average Bonchev–Trinajstić information content (AvgIpc) is 3.29. The van der Waals surface area contributed by atoms with Crippen molar-refractivity contribution >= 4 is 58.6 Å². The van der Waals surface area contributed by atoms with E-state index in [0.717, 1.165) is 20.8 Å². The quantitative estimate of drug-likeness (QED) is 0.161. The van der Waals surface area contributed by atoms with Gasteiger partial charge in [0.25, 0.3) is 9.70 Å². The minimum Gasteiger partial charge on any atom is -0.456 e. The zero-order valence-corrected chi connectivity index (χ0v) is 23.2. The van der Waals surface area contributed by atoms with Crippen LogP contribution < -0.4 is 5.32 Å². The molecule has 1 aliphatic carbocycles. The number of carbonyl (C=O) groups is 4. The van der Waals surface area contributed by atoms with Crippen LogP contribution >= 0.6 is 34.8 Å². The molecule has 0 aromatic rings. The molecule has 14 heteroatoms. The molecule has 206 valence electrons. The molecule has 0 radical (unpaired) electrons. The van der Waals surface area contributed by atoms with Gasteiger partial charge in [0.15, 0.2) is 24.1 Å². The molecule has 3 fully saturated rings. The second kappa shape index (κ2) is 10.1. The van der Waals surface area contributed by atoms with E-state index in [1.807, 2.05) is 0 Å². The number of carbonyl (C=O) groups excluding carboxylic acids is 4. The fourth-order valence-electron chi connectivity index (χ4n) is 5.23. The number of alkyl halides is 3. The van der Waals surface area contributed by atoms with Gasteiger partial charge in [0, 0.05) is 26.7 Å². The summed E-state index contributed by atoms with van der Waals surface area (Å²) in [5.74, 6) is -3.34. The van der Waals surface area contributed by atoms with Gasteiger partial charge in [0.2, 0.25) is 0 Å². The van der Waals surface area contributed by atoms with Crippen LogP contribution in [0.1, 0.15) is 41.5 Å². The highest BCUT2D eigenvalue weighted by molar-refractivity contribution is 6.76. The Morgan fingerprint density at radius 3 is 2.00 bits per heavy atom. The molecule has 11 nitrogen and oxygen atoms in total. The van der Waals surface area contributed by atoms with Gasteiger partial charge in [-0.25, -0.2) is 0 Å². The lowest BCUT2D eigenvalue weighted by molar-refractivity contribution is -0.208. The summed E-state index contributed by atoms with van der Waals surface area (Å²) >= 11 is 17.7. The van der Waals surface area contributed by atoms with Crippen LogP contribution in [-0.4, -0.2) is 81.7 Å². The van der Waals surface area contributed by atoms with Gasteiger partial charge in [0.05, 0.1) is 18.8 Å². The number of esters is 3. The molecule has 2 aliphatic heterocycles. The first-order valence-electron chi connectivity index (χ1n) is 11.3. The molecule has 0 spiro atoms. The Labute approximate surface area is 229 Å². The third kappa shape index (κ3) is 5.65. The van der Waals surface area contributed by atoms with E-state index in [-0.39, 0.29) is 6.61 Å². The maximum absolute atomic E-state index is 13.2. The first kappa shape index (κ1) is 29.7. The summed E-state index contributed by atoms with van der Waals surface area (Å²) in [7, 11) is 0. The van der Waals surface area contributed by atoms with E-state index in [1.54, 1.807) is 20.8 Å². The highest BCUT2D eigenvalue weighted by atomic mass is 35.6. The maximum atomic E-state index is 13.2. The fraction of sp³-hybridized carbons (Fsp3) is 0.739. The number of amides is 1. The number of ether oxygens (including phenoxy) is 6. The van der Waals surface area contributed by atoms with Crippen molar-refractivity contribution in [2.24, 2.45) is 5.92 Å². The van der Waals surface area contributed by atoms with Gasteiger partial charge < -0.3 is 33.7 Å². The zero-order valence-electron chi connectivity index (χ0n) is 21.0. The molecular weight excluding hydrogens is 557 g/mol. The summed E-state index contributed by atoms with van der Waals surface area (Å²) in [6.07, 6.45) is -0.418. The van der Waals surface area contributed by atoms with Crippen LogP contribution in [-0.2, 0) is 47.6 Å². The number of terminal acetylenes is 1. The Hall–Kier alpha value is -1.81. The first-order valence-corrected chi connectivity index (χ1v) is 12.4. The van der Waals surface area contributed by atoms with E-state index in [2.05, 4.69) is 11.2 Å². The molecule has 3 rings (SSSR count). The number of fused-ring (bicyclic) bond motifs is 1. The highest BCUT2D eigenvalue weighted by Crippen LogP contribution is 2.59. The summed E-state index contributed by atoms with van der Waals surface area (Å²) in [4.78, 5) is 49.9. The number of hydrogen-bond acceptors (Lipinski definition) is 10. The molecule has 2 heterocycles. The van der Waals surface area contributed by atoms with Crippen molar-refractivity contribution in [3.05, 3.63) is 0 Å². The Bertz CT molecular complexity index is 1020. The lowest BCUT2D eigenvalue weighted by atomic mass is 9.61. The van der Waals surface area contributed by atoms with Crippen molar-refractivity contribution < 1.29 is 47.6 Å². The van der Waals surface area contributed by atoms with Crippen molar-refractivity contribution in [2.75, 3.05) is 6.61 Å². The SMILES string of the molecule is C#C[C@@H](OC(C)=O)[C@@]1(NC(=O)C(Cl)(Cl)Cl)[C@@H]([C@H]2COC(C)(C)O2)[C@@H]2O[C@]2(C)[C@@H](OC(C)=O)[C@H]1OC(C)=O. The van der Waals surface area contributed by atoms with E-state index < -0.39 is 81.0 Å². The van der Waals surface area contributed by atoms with Crippen LogP contribution in [0, 0.1) is 18.3 Å². The topological polar surface area (TPSA) is 139 Å². The first-order chi connectivity index (χ1) is 16.9. The average molecular weight is 585 g/mol. The highest BCUT2D eigenvalue weighted by Gasteiger charge is 2.80. The Balaban J connectivity index is 2.34. The second-order valence-corrected chi connectivity index (χ2v) is 12.0. The number of rotatable bonds is 6.